The molecule has 0 saturated carbocycles. The van der Waals surface area contributed by atoms with E-state index in [1.54, 1.807) is 0 Å². The summed E-state index contributed by atoms with van der Waals surface area (Å²) < 4.78 is 28.3. The first-order chi connectivity index (χ1) is 6.41. The number of hydrogen-bond donors (Lipinski definition) is 1. The molecule has 0 amide bonds. The number of nitrogens with one attached hydrogen (secondary N) is 1. The first-order valence-electron chi connectivity index (χ1n) is 5.03. The van der Waals surface area contributed by atoms with E-state index in [0.29, 0.717) is 18.4 Å². The van der Waals surface area contributed by atoms with E-state index in [0.717, 1.165) is 6.42 Å². The van der Waals surface area contributed by atoms with Crippen LogP contribution >= 0.6 is 12.4 Å². The van der Waals surface area contributed by atoms with Gasteiger partial charge in [0.25, 0.3) is 0 Å². The molecule has 90 valence electrons. The average molecular weight is 256 g/mol. The monoisotopic (exact) mass is 255 g/mol. The Kier molecular flexibility index (Phi) is 3.70. The normalized spacial score (nSPS) is 43.9. The molecule has 3 atom stereocenters. The van der Waals surface area contributed by atoms with Gasteiger partial charge in [0, 0.05) is 12.0 Å². The molecule has 2 rings (SSSR count). The molecule has 2 aliphatic rings. The van der Waals surface area contributed by atoms with Crippen LogP contribution in [0.4, 0.5) is 0 Å². The molecule has 0 aliphatic carbocycles. The molecule has 3 unspecified atom stereocenters. The van der Waals surface area contributed by atoms with Crippen LogP contribution < -0.4 is 5.32 Å². The van der Waals surface area contributed by atoms with Gasteiger partial charge in [0.15, 0.2) is 9.84 Å². The highest BCUT2D eigenvalue weighted by atomic mass is 35.5. The molecule has 6 heteroatoms. The van der Waals surface area contributed by atoms with Crippen LogP contribution in [-0.4, -0.2) is 38.3 Å². The Hall–Kier alpha value is 0.160. The molecule has 2 fully saturated rings. The predicted octanol–water partition coefficient (Wildman–Crippen LogP) is 0.567. The summed E-state index contributed by atoms with van der Waals surface area (Å²) in [7, 11) is -2.81. The fourth-order valence-corrected chi connectivity index (χ4v) is 4.24. The summed E-state index contributed by atoms with van der Waals surface area (Å²) in [5.41, 5.74) is -0.428. The van der Waals surface area contributed by atoms with Gasteiger partial charge in [-0.05, 0) is 20.3 Å². The smallest absolute Gasteiger partial charge is 0.150 e. The SMILES string of the molecule is CC1COC(C)(C2CCS(=O)(=O)C2)N1.Cl. The third-order valence-corrected chi connectivity index (χ3v) is 4.95. The molecule has 0 aromatic rings. The van der Waals surface area contributed by atoms with E-state index in [-0.39, 0.29) is 24.1 Å². The molecule has 15 heavy (non-hydrogen) atoms. The summed E-state index contributed by atoms with van der Waals surface area (Å²) in [5.74, 6) is 0.688. The molecule has 2 saturated heterocycles. The molecule has 0 radical (unpaired) electrons. The van der Waals surface area contributed by atoms with E-state index in [1.807, 2.05) is 6.92 Å². The Morgan fingerprint density at radius 3 is 2.53 bits per heavy atom. The van der Waals surface area contributed by atoms with Gasteiger partial charge in [-0.3, -0.25) is 5.32 Å². The van der Waals surface area contributed by atoms with E-state index in [4.69, 9.17) is 4.74 Å². The first-order valence-corrected chi connectivity index (χ1v) is 6.85. The maximum atomic E-state index is 11.3. The molecule has 2 aliphatic heterocycles. The molecule has 2 heterocycles. The van der Waals surface area contributed by atoms with Crippen LogP contribution in [0.3, 0.4) is 0 Å². The Labute approximate surface area is 97.1 Å². The van der Waals surface area contributed by atoms with Gasteiger partial charge >= 0.3 is 0 Å². The predicted molar refractivity (Wildman–Crippen MR) is 61.0 cm³/mol. The van der Waals surface area contributed by atoms with Crippen molar-refractivity contribution < 1.29 is 13.2 Å². The highest BCUT2D eigenvalue weighted by molar-refractivity contribution is 7.91. The zero-order valence-electron chi connectivity index (χ0n) is 9.02. The lowest BCUT2D eigenvalue weighted by atomic mass is 9.97. The molecule has 0 bridgehead atoms. The average Bonchev–Trinajstić information content (AvgIpc) is 2.57. The number of ether oxygens (including phenoxy) is 1. The van der Waals surface area contributed by atoms with Gasteiger partial charge in [-0.15, -0.1) is 12.4 Å². The summed E-state index contributed by atoms with van der Waals surface area (Å²) in [5, 5.41) is 3.32. The maximum Gasteiger partial charge on any atom is 0.150 e. The largest absolute Gasteiger partial charge is 0.359 e. The maximum absolute atomic E-state index is 11.3. The third-order valence-electron chi connectivity index (χ3n) is 3.18. The van der Waals surface area contributed by atoms with E-state index >= 15 is 0 Å². The summed E-state index contributed by atoms with van der Waals surface area (Å²) in [4.78, 5) is 0. The lowest BCUT2D eigenvalue weighted by Crippen LogP contribution is -2.47. The second-order valence-corrected chi connectivity index (χ2v) is 6.79. The molecule has 0 aromatic heterocycles. The van der Waals surface area contributed by atoms with Gasteiger partial charge in [0.1, 0.15) is 5.72 Å². The molecule has 4 nitrogen and oxygen atoms in total. The quantitative estimate of drug-likeness (QED) is 0.744. The summed E-state index contributed by atoms with van der Waals surface area (Å²) >= 11 is 0. The number of hydrogen-bond acceptors (Lipinski definition) is 4. The zero-order valence-corrected chi connectivity index (χ0v) is 10.7. The van der Waals surface area contributed by atoms with Gasteiger partial charge in [-0.25, -0.2) is 8.42 Å². The Balaban J connectivity index is 0.00000112. The van der Waals surface area contributed by atoms with E-state index in [9.17, 15) is 8.42 Å². The van der Waals surface area contributed by atoms with Crippen molar-refractivity contribution in [3.8, 4) is 0 Å². The molecule has 0 aromatic carbocycles. The molecule has 1 N–H and O–H groups in total. The number of rotatable bonds is 1. The van der Waals surface area contributed by atoms with Crippen molar-refractivity contribution in [3.63, 3.8) is 0 Å². The van der Waals surface area contributed by atoms with Crippen LogP contribution in [0.25, 0.3) is 0 Å². The summed E-state index contributed by atoms with van der Waals surface area (Å²) in [6, 6.07) is 0.323. The standard InChI is InChI=1S/C9H17NO3S.ClH/c1-7-5-13-9(2,10-7)8-3-4-14(11,12)6-8;/h7-8,10H,3-6H2,1-2H3;1H. The minimum atomic E-state index is -2.81. The Morgan fingerprint density at radius 1 is 1.47 bits per heavy atom. The van der Waals surface area contributed by atoms with Gasteiger partial charge in [-0.2, -0.15) is 0 Å². The van der Waals surface area contributed by atoms with Crippen molar-refractivity contribution in [1.82, 2.24) is 5.32 Å². The molecule has 0 spiro atoms. The lowest BCUT2D eigenvalue weighted by Gasteiger charge is -2.30. The van der Waals surface area contributed by atoms with Crippen molar-refractivity contribution in [3.05, 3.63) is 0 Å². The first kappa shape index (κ1) is 13.2. The van der Waals surface area contributed by atoms with Crippen molar-refractivity contribution in [1.29, 1.82) is 0 Å². The van der Waals surface area contributed by atoms with Crippen LogP contribution in [0.5, 0.6) is 0 Å². The molecular weight excluding hydrogens is 238 g/mol. The Morgan fingerprint density at radius 2 is 2.13 bits per heavy atom. The highest BCUT2D eigenvalue weighted by Crippen LogP contribution is 2.32. The number of sulfone groups is 1. The van der Waals surface area contributed by atoms with Crippen LogP contribution in [0.1, 0.15) is 20.3 Å². The van der Waals surface area contributed by atoms with E-state index < -0.39 is 15.6 Å². The number of halogens is 1. The second kappa shape index (κ2) is 4.20. The summed E-state index contributed by atoms with van der Waals surface area (Å²) in [6.07, 6.45) is 0.721. The van der Waals surface area contributed by atoms with Crippen LogP contribution in [0.15, 0.2) is 0 Å². The second-order valence-electron chi connectivity index (χ2n) is 4.56. The van der Waals surface area contributed by atoms with Crippen molar-refractivity contribution in [2.24, 2.45) is 5.92 Å². The Bertz CT molecular complexity index is 332. The van der Waals surface area contributed by atoms with Gasteiger partial charge < -0.3 is 4.74 Å². The highest BCUT2D eigenvalue weighted by Gasteiger charge is 2.45. The minimum Gasteiger partial charge on any atom is -0.359 e. The topological polar surface area (TPSA) is 55.4 Å². The van der Waals surface area contributed by atoms with E-state index in [2.05, 4.69) is 12.2 Å². The van der Waals surface area contributed by atoms with Crippen molar-refractivity contribution in [2.75, 3.05) is 18.1 Å². The minimum absolute atomic E-state index is 0. The zero-order chi connectivity index (χ0) is 10.4. The van der Waals surface area contributed by atoms with Gasteiger partial charge in [0.05, 0.1) is 18.1 Å². The fraction of sp³-hybridized carbons (Fsp3) is 1.00. The fourth-order valence-electron chi connectivity index (χ4n) is 2.34. The third kappa shape index (κ3) is 2.64. The van der Waals surface area contributed by atoms with Crippen LogP contribution in [-0.2, 0) is 14.6 Å². The lowest BCUT2D eigenvalue weighted by molar-refractivity contribution is -0.0347. The van der Waals surface area contributed by atoms with Gasteiger partial charge in [-0.1, -0.05) is 0 Å². The van der Waals surface area contributed by atoms with Crippen LogP contribution in [0.2, 0.25) is 0 Å². The van der Waals surface area contributed by atoms with Crippen molar-refractivity contribution >= 4 is 22.2 Å². The van der Waals surface area contributed by atoms with E-state index in [1.165, 1.54) is 0 Å². The summed E-state index contributed by atoms with van der Waals surface area (Å²) in [6.45, 7) is 4.68. The van der Waals surface area contributed by atoms with Crippen LogP contribution in [0, 0.1) is 5.92 Å². The van der Waals surface area contributed by atoms with Gasteiger partial charge in [0.2, 0.25) is 0 Å². The molecular formula is C9H18ClNO3S. The van der Waals surface area contributed by atoms with Crippen molar-refractivity contribution in [2.45, 2.75) is 32.0 Å².